The SMILES string of the molecule is CSCC[C@@H](N)C(=O)Nc1ccc(C#N)cc1F. The van der Waals surface area contributed by atoms with Gasteiger partial charge in [0.05, 0.1) is 23.4 Å². The number of thioether (sulfide) groups is 1. The summed E-state index contributed by atoms with van der Waals surface area (Å²) in [5, 5.41) is 11.0. The van der Waals surface area contributed by atoms with E-state index in [1.165, 1.54) is 12.1 Å². The van der Waals surface area contributed by atoms with Crippen LogP contribution >= 0.6 is 11.8 Å². The minimum absolute atomic E-state index is 0.0404. The van der Waals surface area contributed by atoms with Crippen molar-refractivity contribution < 1.29 is 9.18 Å². The van der Waals surface area contributed by atoms with Crippen molar-refractivity contribution in [3.05, 3.63) is 29.6 Å². The minimum atomic E-state index is -0.660. The van der Waals surface area contributed by atoms with Crippen LogP contribution in [0, 0.1) is 17.1 Å². The zero-order valence-corrected chi connectivity index (χ0v) is 10.8. The fraction of sp³-hybridized carbons (Fsp3) is 0.333. The highest BCUT2D eigenvalue weighted by atomic mass is 32.2. The zero-order valence-electron chi connectivity index (χ0n) is 9.94. The van der Waals surface area contributed by atoms with Gasteiger partial charge in [0.1, 0.15) is 5.82 Å². The molecule has 1 atom stereocenters. The van der Waals surface area contributed by atoms with E-state index in [1.54, 1.807) is 11.8 Å². The average Bonchev–Trinajstić information content (AvgIpc) is 2.38. The van der Waals surface area contributed by atoms with E-state index in [2.05, 4.69) is 5.32 Å². The Kier molecular flexibility index (Phi) is 5.62. The van der Waals surface area contributed by atoms with Crippen LogP contribution < -0.4 is 11.1 Å². The Labute approximate surface area is 109 Å². The summed E-state index contributed by atoms with van der Waals surface area (Å²) in [5.41, 5.74) is 5.90. The fourth-order valence-electron chi connectivity index (χ4n) is 1.29. The topological polar surface area (TPSA) is 78.9 Å². The van der Waals surface area contributed by atoms with E-state index in [-0.39, 0.29) is 11.3 Å². The summed E-state index contributed by atoms with van der Waals surface area (Å²) in [6.45, 7) is 0. The predicted octanol–water partition coefficient (Wildman–Crippen LogP) is 1.72. The molecule has 0 spiro atoms. The highest BCUT2D eigenvalue weighted by Gasteiger charge is 2.14. The maximum atomic E-state index is 13.5. The lowest BCUT2D eigenvalue weighted by atomic mass is 10.2. The van der Waals surface area contributed by atoms with E-state index in [9.17, 15) is 9.18 Å². The molecule has 3 N–H and O–H groups in total. The quantitative estimate of drug-likeness (QED) is 0.851. The van der Waals surface area contributed by atoms with Crippen molar-refractivity contribution in [1.29, 1.82) is 5.26 Å². The Morgan fingerprint density at radius 3 is 2.94 bits per heavy atom. The highest BCUT2D eigenvalue weighted by Crippen LogP contribution is 2.15. The van der Waals surface area contributed by atoms with E-state index in [0.717, 1.165) is 11.8 Å². The first-order valence-corrected chi connectivity index (χ1v) is 6.73. The van der Waals surface area contributed by atoms with E-state index in [1.807, 2.05) is 12.3 Å². The molecule has 1 amide bonds. The van der Waals surface area contributed by atoms with Crippen LogP contribution in [0.5, 0.6) is 0 Å². The number of anilines is 1. The van der Waals surface area contributed by atoms with Crippen molar-refractivity contribution >= 4 is 23.4 Å². The second-order valence-electron chi connectivity index (χ2n) is 3.68. The predicted molar refractivity (Wildman–Crippen MR) is 70.7 cm³/mol. The molecule has 18 heavy (non-hydrogen) atoms. The molecule has 1 rings (SSSR count). The second-order valence-corrected chi connectivity index (χ2v) is 4.67. The molecule has 0 heterocycles. The summed E-state index contributed by atoms with van der Waals surface area (Å²) in [6.07, 6.45) is 2.45. The summed E-state index contributed by atoms with van der Waals surface area (Å²) in [5.74, 6) is -0.295. The van der Waals surface area contributed by atoms with Gasteiger partial charge in [-0.15, -0.1) is 0 Å². The van der Waals surface area contributed by atoms with Crippen molar-refractivity contribution in [1.82, 2.24) is 0 Å². The second kappa shape index (κ2) is 6.99. The van der Waals surface area contributed by atoms with Gasteiger partial charge in [-0.2, -0.15) is 17.0 Å². The molecule has 1 aromatic rings. The van der Waals surface area contributed by atoms with Crippen LogP contribution in [-0.2, 0) is 4.79 Å². The molecule has 96 valence electrons. The maximum absolute atomic E-state index is 13.5. The van der Waals surface area contributed by atoms with Crippen LogP contribution in [0.3, 0.4) is 0 Å². The number of rotatable bonds is 5. The van der Waals surface area contributed by atoms with E-state index < -0.39 is 17.8 Å². The van der Waals surface area contributed by atoms with Gasteiger partial charge in [-0.3, -0.25) is 4.79 Å². The molecule has 0 saturated heterocycles. The molecular weight excluding hydrogens is 253 g/mol. The molecule has 4 nitrogen and oxygen atoms in total. The van der Waals surface area contributed by atoms with Gasteiger partial charge in [0, 0.05) is 0 Å². The number of halogens is 1. The Morgan fingerprint density at radius 1 is 1.67 bits per heavy atom. The first-order chi connectivity index (χ1) is 8.58. The van der Waals surface area contributed by atoms with Gasteiger partial charge in [-0.1, -0.05) is 0 Å². The molecule has 6 heteroatoms. The number of amides is 1. The summed E-state index contributed by atoms with van der Waals surface area (Å²) >= 11 is 1.59. The standard InChI is InChI=1S/C12H14FN3OS/c1-18-5-4-10(15)12(17)16-11-3-2-8(7-14)6-9(11)13/h2-3,6,10H,4-5,15H2,1H3,(H,16,17)/t10-/m1/s1. The zero-order chi connectivity index (χ0) is 13.5. The van der Waals surface area contributed by atoms with Crippen LogP contribution in [0.25, 0.3) is 0 Å². The smallest absolute Gasteiger partial charge is 0.241 e. The molecule has 0 saturated carbocycles. The number of benzene rings is 1. The van der Waals surface area contributed by atoms with Crippen LogP contribution in [0.4, 0.5) is 10.1 Å². The first kappa shape index (κ1) is 14.5. The molecule has 1 aromatic carbocycles. The molecule has 0 unspecified atom stereocenters. The van der Waals surface area contributed by atoms with Crippen molar-refractivity contribution in [3.8, 4) is 6.07 Å². The molecule has 0 aliphatic rings. The Bertz CT molecular complexity index is 473. The Morgan fingerprint density at radius 2 is 2.39 bits per heavy atom. The van der Waals surface area contributed by atoms with Gasteiger partial charge in [0.15, 0.2) is 0 Å². The van der Waals surface area contributed by atoms with Gasteiger partial charge < -0.3 is 11.1 Å². The molecule has 0 aliphatic heterocycles. The van der Waals surface area contributed by atoms with E-state index >= 15 is 0 Å². The maximum Gasteiger partial charge on any atom is 0.241 e. The number of nitriles is 1. The van der Waals surface area contributed by atoms with Crippen molar-refractivity contribution in [2.75, 3.05) is 17.3 Å². The van der Waals surface area contributed by atoms with E-state index in [4.69, 9.17) is 11.0 Å². The Hall–Kier alpha value is -1.58. The molecule has 0 fully saturated rings. The van der Waals surface area contributed by atoms with Gasteiger partial charge in [-0.25, -0.2) is 4.39 Å². The number of hydrogen-bond donors (Lipinski definition) is 2. The van der Waals surface area contributed by atoms with Crippen molar-refractivity contribution in [2.24, 2.45) is 5.73 Å². The molecular formula is C12H14FN3OS. The average molecular weight is 267 g/mol. The summed E-state index contributed by atoms with van der Waals surface area (Å²) in [4.78, 5) is 11.6. The van der Waals surface area contributed by atoms with Gasteiger partial charge in [0.25, 0.3) is 0 Å². The highest BCUT2D eigenvalue weighted by molar-refractivity contribution is 7.98. The third-order valence-electron chi connectivity index (χ3n) is 2.33. The lowest BCUT2D eigenvalue weighted by molar-refractivity contribution is -0.117. The monoisotopic (exact) mass is 267 g/mol. The summed E-state index contributed by atoms with van der Waals surface area (Å²) in [6, 6.07) is 5.02. The summed E-state index contributed by atoms with van der Waals surface area (Å²) in [7, 11) is 0. The van der Waals surface area contributed by atoms with Crippen molar-refractivity contribution in [2.45, 2.75) is 12.5 Å². The van der Waals surface area contributed by atoms with Crippen LogP contribution in [0.2, 0.25) is 0 Å². The van der Waals surface area contributed by atoms with Crippen molar-refractivity contribution in [3.63, 3.8) is 0 Å². The van der Waals surface area contributed by atoms with E-state index in [0.29, 0.717) is 6.42 Å². The summed E-state index contributed by atoms with van der Waals surface area (Å²) < 4.78 is 13.5. The number of nitrogens with zero attached hydrogens (tertiary/aromatic N) is 1. The molecule has 0 aromatic heterocycles. The first-order valence-electron chi connectivity index (χ1n) is 5.33. The number of nitrogens with one attached hydrogen (secondary N) is 1. The minimum Gasteiger partial charge on any atom is -0.322 e. The van der Waals surface area contributed by atoms with Crippen LogP contribution in [0.15, 0.2) is 18.2 Å². The fourth-order valence-corrected chi connectivity index (χ4v) is 1.78. The van der Waals surface area contributed by atoms with Crippen LogP contribution in [-0.4, -0.2) is 24.0 Å². The van der Waals surface area contributed by atoms with Gasteiger partial charge in [0.2, 0.25) is 5.91 Å². The number of nitrogens with two attached hydrogens (primary N) is 1. The molecule has 0 bridgehead atoms. The van der Waals surface area contributed by atoms with Gasteiger partial charge in [-0.05, 0) is 36.6 Å². The molecule has 0 radical (unpaired) electrons. The normalized spacial score (nSPS) is 11.7. The third kappa shape index (κ3) is 4.02. The Balaban J connectivity index is 2.67. The van der Waals surface area contributed by atoms with Gasteiger partial charge >= 0.3 is 0 Å². The number of carbonyl (C=O) groups excluding carboxylic acids is 1. The third-order valence-corrected chi connectivity index (χ3v) is 2.97. The number of hydrogen-bond acceptors (Lipinski definition) is 4. The number of carbonyl (C=O) groups is 1. The lowest BCUT2D eigenvalue weighted by Gasteiger charge is -2.12. The van der Waals surface area contributed by atoms with Crippen LogP contribution in [0.1, 0.15) is 12.0 Å². The molecule has 0 aliphatic carbocycles. The largest absolute Gasteiger partial charge is 0.322 e. The lowest BCUT2D eigenvalue weighted by Crippen LogP contribution is -2.36.